The maximum atomic E-state index is 5.87. The van der Waals surface area contributed by atoms with Gasteiger partial charge in [-0.05, 0) is 17.7 Å². The molecule has 12 heavy (non-hydrogen) atoms. The zero-order valence-electron chi connectivity index (χ0n) is 6.38. The molecule has 2 aromatic rings. The van der Waals surface area contributed by atoms with Crippen LogP contribution in [-0.2, 0) is 6.54 Å². The van der Waals surface area contributed by atoms with Gasteiger partial charge in [-0.25, -0.2) is 0 Å². The molecule has 62 valence electrons. The molecule has 1 heterocycles. The van der Waals surface area contributed by atoms with Crippen LogP contribution in [0.3, 0.4) is 0 Å². The van der Waals surface area contributed by atoms with Gasteiger partial charge in [-0.15, -0.1) is 0 Å². The minimum absolute atomic E-state index is 0.525. The predicted molar refractivity (Wildman–Crippen MR) is 49.1 cm³/mol. The van der Waals surface area contributed by atoms with E-state index < -0.39 is 0 Å². The summed E-state index contributed by atoms with van der Waals surface area (Å²) in [5, 5.41) is 1.57. The van der Waals surface area contributed by atoms with E-state index in [1.165, 1.54) is 6.26 Å². The van der Waals surface area contributed by atoms with Crippen molar-refractivity contribution in [2.75, 3.05) is 0 Å². The summed E-state index contributed by atoms with van der Waals surface area (Å²) in [6, 6.07) is 5.76. The first kappa shape index (κ1) is 7.65. The van der Waals surface area contributed by atoms with Gasteiger partial charge in [0.25, 0.3) is 0 Å². The second-order valence-corrected chi connectivity index (χ2v) is 3.03. The molecule has 0 bridgehead atoms. The van der Waals surface area contributed by atoms with Crippen molar-refractivity contribution < 1.29 is 4.42 Å². The quantitative estimate of drug-likeness (QED) is 0.735. The van der Waals surface area contributed by atoms with Gasteiger partial charge in [0.05, 0.1) is 5.02 Å². The average molecular weight is 182 g/mol. The molecule has 0 saturated carbocycles. The van der Waals surface area contributed by atoms with Crippen molar-refractivity contribution in [3.05, 3.63) is 35.0 Å². The van der Waals surface area contributed by atoms with Crippen LogP contribution in [0.1, 0.15) is 5.56 Å². The highest BCUT2D eigenvalue weighted by Crippen LogP contribution is 2.26. The molecular formula is C9H8ClNO. The van der Waals surface area contributed by atoms with Gasteiger partial charge >= 0.3 is 0 Å². The molecule has 0 saturated heterocycles. The van der Waals surface area contributed by atoms with Crippen molar-refractivity contribution in [2.24, 2.45) is 5.73 Å². The Morgan fingerprint density at radius 1 is 1.42 bits per heavy atom. The summed E-state index contributed by atoms with van der Waals surface area (Å²) in [5.41, 5.74) is 7.35. The molecule has 0 fully saturated rings. The van der Waals surface area contributed by atoms with Crippen LogP contribution >= 0.6 is 11.6 Å². The van der Waals surface area contributed by atoms with Gasteiger partial charge in [0.15, 0.2) is 0 Å². The zero-order valence-corrected chi connectivity index (χ0v) is 7.14. The smallest absolute Gasteiger partial charge is 0.135 e. The summed E-state index contributed by atoms with van der Waals surface area (Å²) in [6.45, 7) is 0.525. The Morgan fingerprint density at radius 2 is 2.25 bits per heavy atom. The maximum Gasteiger partial charge on any atom is 0.135 e. The third kappa shape index (κ3) is 1.09. The summed E-state index contributed by atoms with van der Waals surface area (Å²) in [5.74, 6) is 0. The minimum Gasteiger partial charge on any atom is -0.463 e. The first-order valence-corrected chi connectivity index (χ1v) is 4.05. The molecule has 0 aliphatic heterocycles. The van der Waals surface area contributed by atoms with Crippen molar-refractivity contribution in [1.29, 1.82) is 0 Å². The number of nitrogens with two attached hydrogens (primary N) is 1. The molecule has 0 spiro atoms. The Kier molecular flexibility index (Phi) is 1.79. The predicted octanol–water partition coefficient (Wildman–Crippen LogP) is 2.54. The van der Waals surface area contributed by atoms with Gasteiger partial charge in [0, 0.05) is 11.9 Å². The van der Waals surface area contributed by atoms with Crippen LogP contribution in [0.25, 0.3) is 11.0 Å². The Morgan fingerprint density at radius 3 is 3.00 bits per heavy atom. The van der Waals surface area contributed by atoms with Crippen molar-refractivity contribution in [2.45, 2.75) is 6.54 Å². The van der Waals surface area contributed by atoms with E-state index in [1.807, 2.05) is 18.2 Å². The highest BCUT2D eigenvalue weighted by Gasteiger charge is 2.02. The number of hydrogen-bond acceptors (Lipinski definition) is 2. The molecule has 2 N–H and O–H groups in total. The minimum atomic E-state index is 0.525. The normalized spacial score (nSPS) is 10.8. The largest absolute Gasteiger partial charge is 0.463 e. The SMILES string of the molecule is NCc1ccc2occ(Cl)c2c1. The first-order chi connectivity index (χ1) is 5.81. The monoisotopic (exact) mass is 181 g/mol. The molecule has 0 atom stereocenters. The van der Waals surface area contributed by atoms with Crippen molar-refractivity contribution >= 4 is 22.6 Å². The van der Waals surface area contributed by atoms with Gasteiger partial charge in [-0.3, -0.25) is 0 Å². The number of benzene rings is 1. The summed E-state index contributed by atoms with van der Waals surface area (Å²) < 4.78 is 5.18. The van der Waals surface area contributed by atoms with Gasteiger partial charge in [-0.1, -0.05) is 17.7 Å². The molecule has 2 rings (SSSR count). The lowest BCUT2D eigenvalue weighted by atomic mass is 10.2. The highest BCUT2D eigenvalue weighted by atomic mass is 35.5. The lowest BCUT2D eigenvalue weighted by Gasteiger charge is -1.94. The second kappa shape index (κ2) is 2.81. The number of fused-ring (bicyclic) bond motifs is 1. The van der Waals surface area contributed by atoms with E-state index in [2.05, 4.69) is 0 Å². The van der Waals surface area contributed by atoms with Gasteiger partial charge in [0.1, 0.15) is 11.8 Å². The standard InChI is InChI=1S/C9H8ClNO/c10-8-5-12-9-2-1-6(4-11)3-7(8)9/h1-3,5H,4,11H2. The van der Waals surface area contributed by atoms with Gasteiger partial charge in [-0.2, -0.15) is 0 Å². The summed E-state index contributed by atoms with van der Waals surface area (Å²) in [6.07, 6.45) is 1.53. The van der Waals surface area contributed by atoms with Crippen molar-refractivity contribution in [1.82, 2.24) is 0 Å². The van der Waals surface area contributed by atoms with Crippen LogP contribution in [0.15, 0.2) is 28.9 Å². The van der Waals surface area contributed by atoms with E-state index in [0.29, 0.717) is 11.6 Å². The molecule has 1 aromatic carbocycles. The fourth-order valence-electron chi connectivity index (χ4n) is 1.17. The third-order valence-electron chi connectivity index (χ3n) is 1.83. The van der Waals surface area contributed by atoms with Gasteiger partial charge in [0.2, 0.25) is 0 Å². The molecule has 0 aliphatic rings. The molecular weight excluding hydrogens is 174 g/mol. The van der Waals surface area contributed by atoms with E-state index in [0.717, 1.165) is 16.5 Å². The van der Waals surface area contributed by atoms with Crippen molar-refractivity contribution in [3.63, 3.8) is 0 Å². The fraction of sp³-hybridized carbons (Fsp3) is 0.111. The molecule has 0 radical (unpaired) electrons. The van der Waals surface area contributed by atoms with Crippen LogP contribution in [0.2, 0.25) is 5.02 Å². The summed E-state index contributed by atoms with van der Waals surface area (Å²) >= 11 is 5.87. The second-order valence-electron chi connectivity index (χ2n) is 2.62. The average Bonchev–Trinajstić information content (AvgIpc) is 2.47. The van der Waals surface area contributed by atoms with Gasteiger partial charge < -0.3 is 10.2 Å². The lowest BCUT2D eigenvalue weighted by Crippen LogP contribution is -1.94. The van der Waals surface area contributed by atoms with E-state index in [9.17, 15) is 0 Å². The lowest BCUT2D eigenvalue weighted by molar-refractivity contribution is 0.616. The summed E-state index contributed by atoms with van der Waals surface area (Å²) in [7, 11) is 0. The van der Waals surface area contributed by atoms with Crippen LogP contribution in [-0.4, -0.2) is 0 Å². The molecule has 0 amide bonds. The summed E-state index contributed by atoms with van der Waals surface area (Å²) in [4.78, 5) is 0. The number of rotatable bonds is 1. The Labute approximate surface area is 74.9 Å². The van der Waals surface area contributed by atoms with Crippen molar-refractivity contribution in [3.8, 4) is 0 Å². The number of halogens is 1. The van der Waals surface area contributed by atoms with E-state index in [1.54, 1.807) is 0 Å². The molecule has 3 heteroatoms. The molecule has 1 aromatic heterocycles. The molecule has 2 nitrogen and oxygen atoms in total. The van der Waals surface area contributed by atoms with Crippen LogP contribution in [0.5, 0.6) is 0 Å². The maximum absolute atomic E-state index is 5.87. The number of hydrogen-bond donors (Lipinski definition) is 1. The first-order valence-electron chi connectivity index (χ1n) is 3.67. The van der Waals surface area contributed by atoms with E-state index in [-0.39, 0.29) is 0 Å². The third-order valence-corrected chi connectivity index (χ3v) is 2.12. The van der Waals surface area contributed by atoms with Crippen LogP contribution < -0.4 is 5.73 Å². The van der Waals surface area contributed by atoms with E-state index in [4.69, 9.17) is 21.8 Å². The Hall–Kier alpha value is -0.990. The van der Waals surface area contributed by atoms with Crippen LogP contribution in [0, 0.1) is 0 Å². The molecule has 0 aliphatic carbocycles. The van der Waals surface area contributed by atoms with Crippen LogP contribution in [0.4, 0.5) is 0 Å². The van der Waals surface area contributed by atoms with E-state index >= 15 is 0 Å². The highest BCUT2D eigenvalue weighted by molar-refractivity contribution is 6.35. The number of furan rings is 1. The molecule has 0 unspecified atom stereocenters. The topological polar surface area (TPSA) is 39.2 Å². The fourth-order valence-corrected chi connectivity index (χ4v) is 1.36. The zero-order chi connectivity index (χ0) is 8.55. The Bertz CT molecular complexity index is 408. The Balaban J connectivity index is 2.71.